The number of nitrogens with one attached hydrogen (secondary N) is 1. The number of hydrogen-bond acceptors (Lipinski definition) is 7. The Morgan fingerprint density at radius 1 is 0.959 bits per heavy atom. The van der Waals surface area contributed by atoms with E-state index in [1.54, 1.807) is 13.0 Å². The van der Waals surface area contributed by atoms with Gasteiger partial charge in [0, 0.05) is 48.8 Å². The van der Waals surface area contributed by atoms with Gasteiger partial charge < -0.3 is 9.64 Å². The van der Waals surface area contributed by atoms with Crippen molar-refractivity contribution in [2.75, 3.05) is 51.2 Å². The SMILES string of the molecule is C[C@@H]1[C@@H](C)CCC[C@H](CN2CC3(CCCN3C)C2)[C@@H]2CC[C@H]2CN2CCCCc3cc(Cl)ccc3COc3ccc(cc32)C(=O)NS1(=O)=O. The van der Waals surface area contributed by atoms with E-state index < -0.39 is 21.2 Å². The molecular weight excluding hydrogens is 656 g/mol. The van der Waals surface area contributed by atoms with Gasteiger partial charge in [0.25, 0.3) is 5.91 Å². The Hall–Kier alpha value is -2.33. The van der Waals surface area contributed by atoms with Gasteiger partial charge in [0.05, 0.1) is 10.9 Å². The highest BCUT2D eigenvalue weighted by Gasteiger charge is 2.49. The molecule has 2 saturated heterocycles. The van der Waals surface area contributed by atoms with Gasteiger partial charge in [0.2, 0.25) is 10.0 Å². The van der Waals surface area contributed by atoms with Gasteiger partial charge >= 0.3 is 0 Å². The molecule has 268 valence electrons. The van der Waals surface area contributed by atoms with E-state index in [1.165, 1.54) is 50.9 Å². The van der Waals surface area contributed by atoms with Gasteiger partial charge in [-0.3, -0.25) is 14.6 Å². The van der Waals surface area contributed by atoms with Gasteiger partial charge in [-0.2, -0.15) is 0 Å². The number of halogens is 1. The van der Waals surface area contributed by atoms with E-state index in [0.717, 1.165) is 80.2 Å². The topological polar surface area (TPSA) is 82.2 Å². The number of carbonyl (C=O) groups is 1. The van der Waals surface area contributed by atoms with Gasteiger partial charge in [-0.25, -0.2) is 13.1 Å². The fourth-order valence-electron chi connectivity index (χ4n) is 9.49. The molecule has 4 heterocycles. The van der Waals surface area contributed by atoms with Crippen LogP contribution in [0.4, 0.5) is 5.69 Å². The van der Waals surface area contributed by atoms with Crippen molar-refractivity contribution >= 4 is 33.2 Å². The second-order valence-electron chi connectivity index (χ2n) is 16.1. The van der Waals surface area contributed by atoms with Crippen molar-refractivity contribution < 1.29 is 17.9 Å². The summed E-state index contributed by atoms with van der Waals surface area (Å²) in [7, 11) is -1.56. The monoisotopic (exact) mass is 710 g/mol. The van der Waals surface area contributed by atoms with Crippen molar-refractivity contribution in [1.29, 1.82) is 0 Å². The number of nitrogens with zero attached hydrogens (tertiary/aromatic N) is 3. The third-order valence-electron chi connectivity index (χ3n) is 13.0. The molecule has 1 amide bonds. The van der Waals surface area contributed by atoms with Gasteiger partial charge in [0.15, 0.2) is 0 Å². The molecule has 4 aliphatic heterocycles. The molecule has 2 aromatic carbocycles. The summed E-state index contributed by atoms with van der Waals surface area (Å²) in [5.41, 5.74) is 3.94. The van der Waals surface area contributed by atoms with Crippen LogP contribution in [-0.4, -0.2) is 81.2 Å². The quantitative estimate of drug-likeness (QED) is 0.369. The van der Waals surface area contributed by atoms with Crippen LogP contribution >= 0.6 is 11.6 Å². The lowest BCUT2D eigenvalue weighted by atomic mass is 9.65. The third-order valence-corrected chi connectivity index (χ3v) is 15.2. The van der Waals surface area contributed by atoms with Crippen LogP contribution in [0.2, 0.25) is 5.02 Å². The molecule has 49 heavy (non-hydrogen) atoms. The Labute approximate surface area is 298 Å². The number of benzene rings is 2. The largest absolute Gasteiger partial charge is 0.487 e. The van der Waals surface area contributed by atoms with Crippen molar-refractivity contribution in [3.8, 4) is 5.75 Å². The lowest BCUT2D eigenvalue weighted by molar-refractivity contribution is -0.0413. The predicted molar refractivity (Wildman–Crippen MR) is 197 cm³/mol. The van der Waals surface area contributed by atoms with Crippen LogP contribution in [0.25, 0.3) is 0 Å². The highest BCUT2D eigenvalue weighted by Crippen LogP contribution is 2.46. The zero-order valence-corrected chi connectivity index (χ0v) is 31.2. The Balaban J connectivity index is 1.19. The molecule has 5 atom stereocenters. The van der Waals surface area contributed by atoms with Gasteiger partial charge in [0.1, 0.15) is 12.4 Å². The van der Waals surface area contributed by atoms with E-state index in [1.807, 2.05) is 25.1 Å². The molecule has 1 N–H and O–H groups in total. The molecule has 0 unspecified atom stereocenters. The molecule has 1 spiro atoms. The van der Waals surface area contributed by atoms with Crippen molar-refractivity contribution in [2.45, 2.75) is 95.5 Å². The maximum Gasteiger partial charge on any atom is 0.264 e. The maximum atomic E-state index is 13.5. The summed E-state index contributed by atoms with van der Waals surface area (Å²) in [6.07, 6.45) is 11.0. The number of ether oxygens (including phenoxy) is 1. The van der Waals surface area contributed by atoms with Crippen LogP contribution in [0.5, 0.6) is 5.75 Å². The summed E-state index contributed by atoms with van der Waals surface area (Å²) in [4.78, 5) is 21.3. The summed E-state index contributed by atoms with van der Waals surface area (Å²) < 4.78 is 36.0. The zero-order valence-electron chi connectivity index (χ0n) is 29.6. The molecule has 7 rings (SSSR count). The molecule has 0 aromatic heterocycles. The minimum atomic E-state index is -3.86. The average molecular weight is 711 g/mol. The highest BCUT2D eigenvalue weighted by molar-refractivity contribution is 7.90. The van der Waals surface area contributed by atoms with Crippen LogP contribution in [0.15, 0.2) is 36.4 Å². The van der Waals surface area contributed by atoms with E-state index in [9.17, 15) is 13.2 Å². The lowest BCUT2D eigenvalue weighted by Gasteiger charge is -2.54. The molecule has 5 aliphatic rings. The predicted octanol–water partition coefficient (Wildman–Crippen LogP) is 6.75. The minimum Gasteiger partial charge on any atom is -0.487 e. The Bertz CT molecular complexity index is 1630. The molecule has 10 heteroatoms. The zero-order chi connectivity index (χ0) is 34.3. The molecule has 8 nitrogen and oxygen atoms in total. The Morgan fingerprint density at radius 2 is 1.80 bits per heavy atom. The van der Waals surface area contributed by atoms with E-state index in [2.05, 4.69) is 38.6 Å². The van der Waals surface area contributed by atoms with Crippen molar-refractivity contribution in [2.24, 2.45) is 23.7 Å². The summed E-state index contributed by atoms with van der Waals surface area (Å²) in [5, 5.41) is 0.0734. The number of amides is 1. The smallest absolute Gasteiger partial charge is 0.264 e. The number of likely N-dealkylation sites (N-methyl/N-ethyl adjacent to an activating group) is 1. The number of carbonyl (C=O) groups excluding carboxylic acids is 1. The summed E-state index contributed by atoms with van der Waals surface area (Å²) in [5.74, 6) is 1.91. The summed E-state index contributed by atoms with van der Waals surface area (Å²) in [6, 6.07) is 11.4. The average Bonchev–Trinajstić information content (AvgIpc) is 3.41. The van der Waals surface area contributed by atoms with E-state index >= 15 is 0 Å². The van der Waals surface area contributed by atoms with E-state index in [0.29, 0.717) is 35.5 Å². The first kappa shape index (κ1) is 35.1. The Kier molecular flexibility index (Phi) is 10.3. The fourth-order valence-corrected chi connectivity index (χ4v) is 11.0. The van der Waals surface area contributed by atoms with Crippen LogP contribution in [-0.2, 0) is 23.1 Å². The van der Waals surface area contributed by atoms with Crippen molar-refractivity contribution in [1.82, 2.24) is 14.5 Å². The molecule has 1 aliphatic carbocycles. The lowest BCUT2D eigenvalue weighted by Crippen LogP contribution is -2.67. The number of anilines is 1. The van der Waals surface area contributed by atoms with E-state index in [4.69, 9.17) is 16.3 Å². The maximum absolute atomic E-state index is 13.5. The third kappa shape index (κ3) is 7.38. The normalized spacial score (nSPS) is 30.9. The standard InChI is InChI=1S/C39H55ClN4O4S/c1-27-8-6-10-31(22-43-25-39(26-43)17-7-18-42(39)3)35-15-12-32(35)23-44-19-5-4-9-29-20-34(40)14-11-33(29)24-48-37-16-13-30(21-36(37)44)38(45)41-49(46,47)28(27)2/h11,13-14,16,20-21,27-28,31-32,35H,4-10,12,15,17-19,22-26H2,1-3H3,(H,41,45)/t27-,28+,31+,32-,35-/m0/s1. The second-order valence-corrected chi connectivity index (χ2v) is 18.5. The van der Waals surface area contributed by atoms with Crippen molar-refractivity contribution in [3.63, 3.8) is 0 Å². The number of sulfonamides is 1. The van der Waals surface area contributed by atoms with Crippen LogP contribution in [0.3, 0.4) is 0 Å². The minimum absolute atomic E-state index is 0.0514. The first-order valence-corrected chi connectivity index (χ1v) is 20.7. The van der Waals surface area contributed by atoms with E-state index in [-0.39, 0.29) is 5.92 Å². The molecule has 3 fully saturated rings. The fraction of sp³-hybridized carbons (Fsp3) is 0.667. The summed E-state index contributed by atoms with van der Waals surface area (Å²) in [6.45, 7) is 10.6. The highest BCUT2D eigenvalue weighted by atomic mass is 35.5. The number of fused-ring (bicyclic) bond motifs is 3. The molecule has 2 aromatic rings. The van der Waals surface area contributed by atoms with Crippen LogP contribution in [0.1, 0.15) is 93.1 Å². The van der Waals surface area contributed by atoms with Gasteiger partial charge in [-0.15, -0.1) is 0 Å². The number of aryl methyl sites for hydroxylation is 1. The first-order chi connectivity index (χ1) is 23.5. The summed E-state index contributed by atoms with van der Waals surface area (Å²) >= 11 is 6.39. The van der Waals surface area contributed by atoms with Gasteiger partial charge in [-0.05, 0) is 143 Å². The second kappa shape index (κ2) is 14.4. The number of hydrogen-bond donors (Lipinski definition) is 1. The van der Waals surface area contributed by atoms with Gasteiger partial charge in [-0.1, -0.05) is 31.0 Å². The molecule has 2 bridgehead atoms. The molecular formula is C39H55ClN4O4S. The number of rotatable bonds is 2. The first-order valence-electron chi connectivity index (χ1n) is 18.8. The Morgan fingerprint density at radius 3 is 2.55 bits per heavy atom. The van der Waals surface area contributed by atoms with Crippen LogP contribution < -0.4 is 14.4 Å². The van der Waals surface area contributed by atoms with Crippen molar-refractivity contribution in [3.05, 3.63) is 58.1 Å². The van der Waals surface area contributed by atoms with Crippen LogP contribution in [0, 0.1) is 23.7 Å². The molecule has 0 radical (unpaired) electrons. The number of likely N-dealkylation sites (tertiary alicyclic amines) is 2. The molecule has 1 saturated carbocycles.